The van der Waals surface area contributed by atoms with Gasteiger partial charge in [-0.3, -0.25) is 9.78 Å². The first kappa shape index (κ1) is 18.8. The highest BCUT2D eigenvalue weighted by Gasteiger charge is 2.17. The molecule has 2 heterocycles. The minimum atomic E-state index is -3.52. The number of rotatable bonds is 6. The van der Waals surface area contributed by atoms with Crippen molar-refractivity contribution in [3.63, 3.8) is 0 Å². The van der Waals surface area contributed by atoms with Crippen LogP contribution in [0.25, 0.3) is 11.3 Å². The van der Waals surface area contributed by atoms with Crippen molar-refractivity contribution in [2.45, 2.75) is 11.4 Å². The van der Waals surface area contributed by atoms with Gasteiger partial charge in [0.05, 0.1) is 11.2 Å². The number of sulfonamides is 1. The van der Waals surface area contributed by atoms with Gasteiger partial charge in [0.2, 0.25) is 10.0 Å². The third kappa shape index (κ3) is 4.24. The van der Waals surface area contributed by atoms with Gasteiger partial charge in [-0.2, -0.15) is 0 Å². The number of nitrogens with zero attached hydrogens (tertiary/aromatic N) is 2. The second-order valence-electron chi connectivity index (χ2n) is 6.05. The van der Waals surface area contributed by atoms with Gasteiger partial charge in [0.1, 0.15) is 5.76 Å². The molecule has 8 heteroatoms. The monoisotopic (exact) mass is 385 g/mol. The maximum Gasteiger partial charge on any atom is 0.251 e. The summed E-state index contributed by atoms with van der Waals surface area (Å²) in [4.78, 5) is 16.6. The molecule has 0 bridgehead atoms. The first-order valence-electron chi connectivity index (χ1n) is 8.16. The quantitative estimate of drug-likeness (QED) is 0.704. The van der Waals surface area contributed by atoms with E-state index in [1.54, 1.807) is 24.7 Å². The number of benzene rings is 1. The van der Waals surface area contributed by atoms with Crippen molar-refractivity contribution in [1.29, 1.82) is 0 Å². The Morgan fingerprint density at radius 3 is 2.52 bits per heavy atom. The van der Waals surface area contributed by atoms with Crippen molar-refractivity contribution in [3.05, 3.63) is 72.2 Å². The topological polar surface area (TPSA) is 92.5 Å². The maximum absolute atomic E-state index is 12.3. The molecule has 140 valence electrons. The van der Waals surface area contributed by atoms with Crippen molar-refractivity contribution < 1.29 is 17.6 Å². The molecule has 2 aromatic heterocycles. The molecule has 0 aliphatic heterocycles. The summed E-state index contributed by atoms with van der Waals surface area (Å²) in [6.45, 7) is 0.290. The summed E-state index contributed by atoms with van der Waals surface area (Å²) in [6.07, 6.45) is 4.94. The predicted octanol–water partition coefficient (Wildman–Crippen LogP) is 2.52. The third-order valence-corrected chi connectivity index (χ3v) is 5.78. The van der Waals surface area contributed by atoms with Gasteiger partial charge in [-0.25, -0.2) is 12.7 Å². The SMILES string of the molecule is CN(C)S(=O)(=O)c1ccc(C(=O)NCc2cncc(-c3ccco3)c2)cc1. The van der Waals surface area contributed by atoms with Crippen LogP contribution in [0.2, 0.25) is 0 Å². The minimum absolute atomic E-state index is 0.138. The van der Waals surface area contributed by atoms with Gasteiger partial charge < -0.3 is 9.73 Å². The Labute approximate surface area is 157 Å². The van der Waals surface area contributed by atoms with E-state index in [2.05, 4.69) is 10.3 Å². The van der Waals surface area contributed by atoms with Crippen molar-refractivity contribution in [3.8, 4) is 11.3 Å². The molecule has 0 fully saturated rings. The van der Waals surface area contributed by atoms with E-state index in [0.29, 0.717) is 11.3 Å². The molecule has 0 aliphatic carbocycles. The Hall–Kier alpha value is -2.97. The van der Waals surface area contributed by atoms with Crippen molar-refractivity contribution >= 4 is 15.9 Å². The minimum Gasteiger partial charge on any atom is -0.464 e. The van der Waals surface area contributed by atoms with Crippen LogP contribution in [0.5, 0.6) is 0 Å². The summed E-state index contributed by atoms with van der Waals surface area (Å²) >= 11 is 0. The van der Waals surface area contributed by atoms with Gasteiger partial charge in [0, 0.05) is 44.2 Å². The zero-order valence-electron chi connectivity index (χ0n) is 14.9. The van der Waals surface area contributed by atoms with E-state index in [9.17, 15) is 13.2 Å². The number of pyridine rings is 1. The summed E-state index contributed by atoms with van der Waals surface area (Å²) < 4.78 is 30.6. The Kier molecular flexibility index (Phi) is 5.38. The summed E-state index contributed by atoms with van der Waals surface area (Å²) in [7, 11) is -0.598. The molecular formula is C19H19N3O4S. The summed E-state index contributed by atoms with van der Waals surface area (Å²) in [5, 5.41) is 2.80. The van der Waals surface area contributed by atoms with Gasteiger partial charge >= 0.3 is 0 Å². The van der Waals surface area contributed by atoms with Gasteiger partial charge in [-0.15, -0.1) is 0 Å². The molecule has 1 amide bonds. The van der Waals surface area contributed by atoms with E-state index >= 15 is 0 Å². The molecule has 0 saturated heterocycles. The fourth-order valence-corrected chi connectivity index (χ4v) is 3.34. The Morgan fingerprint density at radius 2 is 1.89 bits per heavy atom. The first-order chi connectivity index (χ1) is 12.9. The average Bonchev–Trinajstić information content (AvgIpc) is 3.21. The molecule has 0 aliphatic rings. The molecule has 3 rings (SSSR count). The van der Waals surface area contributed by atoms with Crippen LogP contribution in [0.1, 0.15) is 15.9 Å². The molecule has 0 saturated carbocycles. The van der Waals surface area contributed by atoms with Gasteiger partial charge in [0.15, 0.2) is 0 Å². The molecule has 0 radical (unpaired) electrons. The fourth-order valence-electron chi connectivity index (χ4n) is 2.44. The van der Waals surface area contributed by atoms with Crippen LogP contribution >= 0.6 is 0 Å². The van der Waals surface area contributed by atoms with Crippen LogP contribution in [0.3, 0.4) is 0 Å². The molecule has 7 nitrogen and oxygen atoms in total. The largest absolute Gasteiger partial charge is 0.464 e. The fraction of sp³-hybridized carbons (Fsp3) is 0.158. The zero-order valence-corrected chi connectivity index (χ0v) is 15.7. The predicted molar refractivity (Wildman–Crippen MR) is 100 cm³/mol. The first-order valence-corrected chi connectivity index (χ1v) is 9.60. The Bertz CT molecular complexity index is 1030. The van der Waals surface area contributed by atoms with Crippen molar-refractivity contribution in [1.82, 2.24) is 14.6 Å². The Balaban J connectivity index is 1.67. The average molecular weight is 385 g/mol. The summed E-state index contributed by atoms with van der Waals surface area (Å²) in [5.41, 5.74) is 2.02. The number of nitrogens with one attached hydrogen (secondary N) is 1. The number of carbonyl (C=O) groups is 1. The number of carbonyl (C=O) groups excluding carboxylic acids is 1. The highest BCUT2D eigenvalue weighted by molar-refractivity contribution is 7.89. The normalized spacial score (nSPS) is 11.5. The maximum atomic E-state index is 12.3. The number of hydrogen-bond donors (Lipinski definition) is 1. The molecular weight excluding hydrogens is 366 g/mol. The van der Waals surface area contributed by atoms with E-state index in [4.69, 9.17) is 4.42 Å². The third-order valence-electron chi connectivity index (χ3n) is 3.95. The van der Waals surface area contributed by atoms with Gasteiger partial charge in [0.25, 0.3) is 5.91 Å². The van der Waals surface area contributed by atoms with Gasteiger partial charge in [-0.1, -0.05) is 0 Å². The van der Waals surface area contributed by atoms with Crippen LogP contribution in [-0.4, -0.2) is 37.7 Å². The number of aromatic nitrogens is 1. The number of furan rings is 1. The molecule has 3 aromatic rings. The van der Waals surface area contributed by atoms with Gasteiger partial charge in [-0.05, 0) is 48.0 Å². The van der Waals surface area contributed by atoms with E-state index in [1.807, 2.05) is 12.1 Å². The zero-order chi connectivity index (χ0) is 19.4. The molecule has 1 N–H and O–H groups in total. The molecule has 0 spiro atoms. The Morgan fingerprint density at radius 1 is 1.15 bits per heavy atom. The van der Waals surface area contributed by atoms with Crippen LogP contribution < -0.4 is 5.32 Å². The summed E-state index contributed by atoms with van der Waals surface area (Å²) in [5.74, 6) is 0.403. The van der Waals surface area contributed by atoms with Crippen molar-refractivity contribution in [2.75, 3.05) is 14.1 Å². The van der Waals surface area contributed by atoms with E-state index in [-0.39, 0.29) is 17.3 Å². The molecule has 0 unspecified atom stereocenters. The number of amides is 1. The number of hydrogen-bond acceptors (Lipinski definition) is 5. The molecule has 0 atom stereocenters. The second kappa shape index (κ2) is 7.73. The van der Waals surface area contributed by atoms with Crippen LogP contribution in [0.15, 0.2) is 70.4 Å². The second-order valence-corrected chi connectivity index (χ2v) is 8.21. The lowest BCUT2D eigenvalue weighted by atomic mass is 10.1. The van der Waals surface area contributed by atoms with Crippen LogP contribution in [0.4, 0.5) is 0 Å². The smallest absolute Gasteiger partial charge is 0.251 e. The highest BCUT2D eigenvalue weighted by Crippen LogP contribution is 2.19. The van der Waals surface area contributed by atoms with E-state index in [1.165, 1.54) is 38.4 Å². The van der Waals surface area contributed by atoms with Crippen LogP contribution in [-0.2, 0) is 16.6 Å². The lowest BCUT2D eigenvalue weighted by Gasteiger charge is -2.11. The lowest BCUT2D eigenvalue weighted by Crippen LogP contribution is -2.24. The highest BCUT2D eigenvalue weighted by atomic mass is 32.2. The summed E-state index contributed by atoms with van der Waals surface area (Å²) in [6, 6.07) is 11.3. The lowest BCUT2D eigenvalue weighted by molar-refractivity contribution is 0.0951. The van der Waals surface area contributed by atoms with Crippen molar-refractivity contribution in [2.24, 2.45) is 0 Å². The van der Waals surface area contributed by atoms with Crippen LogP contribution in [0, 0.1) is 0 Å². The standard InChI is InChI=1S/C19H19N3O4S/c1-22(2)27(24,25)17-7-5-15(6-8-17)19(23)21-12-14-10-16(13-20-11-14)18-4-3-9-26-18/h3-11,13H,12H2,1-2H3,(H,21,23). The molecule has 1 aromatic carbocycles. The van der Waals surface area contributed by atoms with E-state index < -0.39 is 10.0 Å². The van der Waals surface area contributed by atoms with E-state index in [0.717, 1.165) is 15.4 Å². The molecule has 27 heavy (non-hydrogen) atoms.